The van der Waals surface area contributed by atoms with E-state index in [2.05, 4.69) is 37.3 Å². The molecule has 0 N–H and O–H groups in total. The number of rotatable bonds is 3. The van der Waals surface area contributed by atoms with Crippen LogP contribution in [0.2, 0.25) is 0 Å². The predicted molar refractivity (Wildman–Crippen MR) is 109 cm³/mol. The minimum absolute atomic E-state index is 0.308. The Morgan fingerprint density at radius 1 is 0.962 bits per heavy atom. The number of hydrogen-bond donors (Lipinski definition) is 0. The zero-order chi connectivity index (χ0) is 21.5. The van der Waals surface area contributed by atoms with E-state index in [1.165, 1.54) is 0 Å². The minimum Gasteiger partial charge on any atom is -0.201 e. The summed E-state index contributed by atoms with van der Waals surface area (Å²) in [4.78, 5) is 0. The molecule has 0 unspecified atom stereocenters. The first-order chi connectivity index (χ1) is 14.2. The molecule has 1 fully saturated rings. The first-order valence-electron chi connectivity index (χ1n) is 11.4. The molecular formula is C25H28N+. The lowest BCUT2D eigenvalue weighted by Crippen LogP contribution is -2.32. The lowest BCUT2D eigenvalue weighted by atomic mass is 9.91. The van der Waals surface area contributed by atoms with Crippen LogP contribution in [0, 0.1) is 13.8 Å². The van der Waals surface area contributed by atoms with E-state index in [0.717, 1.165) is 40.8 Å². The van der Waals surface area contributed by atoms with Crippen LogP contribution in [0.3, 0.4) is 0 Å². The third kappa shape index (κ3) is 3.19. The average molecular weight is 347 g/mol. The maximum Gasteiger partial charge on any atom is 0.212 e. The van der Waals surface area contributed by atoms with Crippen LogP contribution in [0.4, 0.5) is 0 Å². The van der Waals surface area contributed by atoms with Gasteiger partial charge in [-0.1, -0.05) is 55.3 Å². The van der Waals surface area contributed by atoms with Gasteiger partial charge in [-0.2, -0.15) is 0 Å². The Balaban J connectivity index is 1.92. The highest BCUT2D eigenvalue weighted by atomic mass is 14.9. The largest absolute Gasteiger partial charge is 0.212 e. The zero-order valence-corrected chi connectivity index (χ0v) is 15.5. The van der Waals surface area contributed by atoms with Gasteiger partial charge >= 0.3 is 0 Å². The molecule has 0 saturated heterocycles. The van der Waals surface area contributed by atoms with E-state index in [0.29, 0.717) is 24.0 Å². The molecular weight excluding hydrogens is 314 g/mol. The Morgan fingerprint density at radius 2 is 1.73 bits per heavy atom. The van der Waals surface area contributed by atoms with Crippen LogP contribution >= 0.6 is 0 Å². The van der Waals surface area contributed by atoms with Crippen LogP contribution in [0.15, 0.2) is 60.8 Å². The zero-order valence-electron chi connectivity index (χ0n) is 19.5. The van der Waals surface area contributed by atoms with E-state index in [1.54, 1.807) is 6.20 Å². The summed E-state index contributed by atoms with van der Waals surface area (Å²) in [5.74, 6) is -0.822. The second-order valence-corrected chi connectivity index (χ2v) is 7.30. The molecule has 0 aliphatic heterocycles. The Labute approximate surface area is 163 Å². The first kappa shape index (κ1) is 12.9. The highest BCUT2D eigenvalue weighted by molar-refractivity contribution is 5.73. The van der Waals surface area contributed by atoms with Crippen molar-refractivity contribution in [3.05, 3.63) is 77.5 Å². The molecule has 1 heteroatoms. The summed E-state index contributed by atoms with van der Waals surface area (Å²) in [6.45, 7) is -0.156. The predicted octanol–water partition coefficient (Wildman–Crippen LogP) is 6.12. The molecule has 0 atom stereocenters. The lowest BCUT2D eigenvalue weighted by molar-refractivity contribution is -0.660. The summed E-state index contributed by atoms with van der Waals surface area (Å²) in [6, 6.07) is 18.6. The number of pyridine rings is 1. The van der Waals surface area contributed by atoms with Gasteiger partial charge in [0.25, 0.3) is 0 Å². The SMILES string of the molecule is [2H]C([2H])([2H])c1c[n+](C)c(-c2cc(-c3ccccc3)ccc2C)cc1C1([2H])CCCC1. The van der Waals surface area contributed by atoms with Crippen LogP contribution in [-0.4, -0.2) is 0 Å². The summed E-state index contributed by atoms with van der Waals surface area (Å²) >= 11 is 0. The maximum absolute atomic E-state index is 9.04. The Morgan fingerprint density at radius 3 is 2.46 bits per heavy atom. The third-order valence-corrected chi connectivity index (χ3v) is 5.48. The molecule has 1 heterocycles. The quantitative estimate of drug-likeness (QED) is 0.503. The molecule has 1 aromatic heterocycles. The summed E-state index contributed by atoms with van der Waals surface area (Å²) in [5, 5.41) is 0. The molecule has 0 spiro atoms. The lowest BCUT2D eigenvalue weighted by Gasteiger charge is -2.15. The van der Waals surface area contributed by atoms with E-state index < -0.39 is 12.7 Å². The molecule has 132 valence electrons. The highest BCUT2D eigenvalue weighted by Crippen LogP contribution is 2.37. The number of benzene rings is 2. The highest BCUT2D eigenvalue weighted by Gasteiger charge is 2.23. The van der Waals surface area contributed by atoms with E-state index in [9.17, 15) is 0 Å². The second kappa shape index (κ2) is 7.07. The molecule has 0 radical (unpaired) electrons. The van der Waals surface area contributed by atoms with Crippen molar-refractivity contribution in [1.29, 1.82) is 0 Å². The normalized spacial score (nSPS) is 18.7. The van der Waals surface area contributed by atoms with Crippen LogP contribution < -0.4 is 4.57 Å². The number of aryl methyl sites for hydroxylation is 3. The Hall–Kier alpha value is -2.41. The van der Waals surface area contributed by atoms with Crippen molar-refractivity contribution in [3.8, 4) is 22.4 Å². The van der Waals surface area contributed by atoms with Crippen molar-refractivity contribution in [2.24, 2.45) is 7.05 Å². The van der Waals surface area contributed by atoms with Crippen LogP contribution in [0.5, 0.6) is 0 Å². The molecule has 0 bridgehead atoms. The topological polar surface area (TPSA) is 3.88 Å². The van der Waals surface area contributed by atoms with E-state index >= 15 is 0 Å². The maximum atomic E-state index is 9.04. The standard InChI is InChI=1S/C25H28N/c1-18-13-14-22(20-9-5-4-6-10-20)15-24(18)25-16-23(19(2)17-26(25)3)21-11-7-8-12-21/h4-6,9-10,13-17,21H,7-8,11-12H2,1-3H3/q+1/i2D3,21D. The summed E-state index contributed by atoms with van der Waals surface area (Å²) in [7, 11) is 1.90. The Bertz CT molecular complexity index is 1060. The van der Waals surface area contributed by atoms with Gasteiger partial charge in [-0.25, -0.2) is 4.57 Å². The van der Waals surface area contributed by atoms with Gasteiger partial charge in [0.15, 0.2) is 6.20 Å². The summed E-state index contributed by atoms with van der Waals surface area (Å²) in [6.07, 6.45) is 5.10. The van der Waals surface area contributed by atoms with Crippen molar-refractivity contribution in [1.82, 2.24) is 0 Å². The van der Waals surface area contributed by atoms with Gasteiger partial charge in [0.05, 0.1) is 0 Å². The van der Waals surface area contributed by atoms with Gasteiger partial charge in [0, 0.05) is 22.7 Å². The monoisotopic (exact) mass is 346 g/mol. The molecule has 2 aromatic carbocycles. The smallest absolute Gasteiger partial charge is 0.201 e. The minimum atomic E-state index is -2.23. The van der Waals surface area contributed by atoms with E-state index in [4.69, 9.17) is 5.48 Å². The molecule has 1 nitrogen and oxygen atoms in total. The number of aromatic nitrogens is 1. The number of nitrogens with zero attached hydrogens (tertiary/aromatic N) is 1. The molecule has 4 rings (SSSR count). The molecule has 1 saturated carbocycles. The fraction of sp³-hybridized carbons (Fsp3) is 0.320. The van der Waals surface area contributed by atoms with Crippen molar-refractivity contribution in [2.75, 3.05) is 0 Å². The van der Waals surface area contributed by atoms with E-state index in [1.807, 2.05) is 35.9 Å². The first-order valence-corrected chi connectivity index (χ1v) is 9.40. The molecule has 0 amide bonds. The fourth-order valence-corrected chi connectivity index (χ4v) is 3.99. The number of hydrogen-bond acceptors (Lipinski definition) is 0. The van der Waals surface area contributed by atoms with E-state index in [-0.39, 0.29) is 0 Å². The second-order valence-electron chi connectivity index (χ2n) is 7.30. The third-order valence-electron chi connectivity index (χ3n) is 5.48. The molecule has 3 aromatic rings. The van der Waals surface area contributed by atoms with Gasteiger partial charge in [-0.05, 0) is 60.8 Å². The van der Waals surface area contributed by atoms with Gasteiger partial charge in [-0.3, -0.25) is 0 Å². The van der Waals surface area contributed by atoms with Crippen LogP contribution in [0.25, 0.3) is 22.4 Å². The van der Waals surface area contributed by atoms with Crippen molar-refractivity contribution < 1.29 is 10.1 Å². The van der Waals surface area contributed by atoms with Crippen molar-refractivity contribution in [3.63, 3.8) is 0 Å². The van der Waals surface area contributed by atoms with Crippen molar-refractivity contribution >= 4 is 0 Å². The molecule has 1 aliphatic rings. The van der Waals surface area contributed by atoms with Crippen LogP contribution in [-0.2, 0) is 7.05 Å². The molecule has 1 aliphatic carbocycles. The summed E-state index contributed by atoms with van der Waals surface area (Å²) in [5.41, 5.74) is 6.39. The van der Waals surface area contributed by atoms with Crippen molar-refractivity contribution in [2.45, 2.75) is 45.4 Å². The summed E-state index contributed by atoms with van der Waals surface area (Å²) < 4.78 is 35.1. The van der Waals surface area contributed by atoms with Gasteiger partial charge < -0.3 is 0 Å². The van der Waals surface area contributed by atoms with Gasteiger partial charge in [0.1, 0.15) is 7.05 Å². The molecule has 26 heavy (non-hydrogen) atoms. The van der Waals surface area contributed by atoms with Gasteiger partial charge in [-0.15, -0.1) is 0 Å². The Kier molecular flexibility index (Phi) is 3.50. The van der Waals surface area contributed by atoms with Crippen LogP contribution in [0.1, 0.15) is 53.8 Å². The average Bonchev–Trinajstić information content (AvgIpc) is 3.16. The van der Waals surface area contributed by atoms with Gasteiger partial charge in [0.2, 0.25) is 5.69 Å². The fourth-order valence-electron chi connectivity index (χ4n) is 3.99.